The summed E-state index contributed by atoms with van der Waals surface area (Å²) in [6, 6.07) is 18.9. The first kappa shape index (κ1) is 45.8. The molecule has 0 spiro atoms. The van der Waals surface area contributed by atoms with Gasteiger partial charge < -0.3 is 29.2 Å². The second-order valence-electron chi connectivity index (χ2n) is 16.9. The van der Waals surface area contributed by atoms with Crippen LogP contribution in [0.4, 0.5) is 11.4 Å². The highest BCUT2D eigenvalue weighted by Crippen LogP contribution is 2.43. The Kier molecular flexibility index (Phi) is 13.8. The predicted molar refractivity (Wildman–Crippen MR) is 225 cm³/mol. The average Bonchev–Trinajstić information content (AvgIpc) is 3.72. The van der Waals surface area contributed by atoms with Crippen LogP contribution in [0.1, 0.15) is 97.4 Å². The van der Waals surface area contributed by atoms with Crippen molar-refractivity contribution in [3.05, 3.63) is 136 Å². The van der Waals surface area contributed by atoms with Gasteiger partial charge in [0.2, 0.25) is 0 Å². The molecule has 0 bridgehead atoms. The van der Waals surface area contributed by atoms with E-state index in [0.29, 0.717) is 22.9 Å². The summed E-state index contributed by atoms with van der Waals surface area (Å²) in [6.07, 6.45) is 2.75. The molecule has 60 heavy (non-hydrogen) atoms. The van der Waals surface area contributed by atoms with E-state index in [1.165, 1.54) is 24.3 Å². The number of nitrogens with zero attached hydrogens (tertiary/aromatic N) is 2. The molecule has 14 nitrogen and oxygen atoms in total. The van der Waals surface area contributed by atoms with Crippen molar-refractivity contribution in [2.24, 2.45) is 0 Å². The van der Waals surface area contributed by atoms with E-state index in [4.69, 9.17) is 42.1 Å². The van der Waals surface area contributed by atoms with E-state index in [2.05, 4.69) is 0 Å². The van der Waals surface area contributed by atoms with Gasteiger partial charge in [0.15, 0.2) is 11.5 Å². The van der Waals surface area contributed by atoms with E-state index in [9.17, 15) is 40.0 Å². The number of nitro groups is 2. The van der Waals surface area contributed by atoms with E-state index in [1.54, 1.807) is 53.7 Å². The first-order chi connectivity index (χ1) is 28.1. The Morgan fingerprint density at radius 2 is 1.00 bits per heavy atom. The van der Waals surface area contributed by atoms with Gasteiger partial charge in [-0.1, -0.05) is 35.3 Å². The number of nitro benzene ring substituents is 2. The fourth-order valence-corrected chi connectivity index (χ4v) is 7.62. The highest BCUT2D eigenvalue weighted by molar-refractivity contribution is 6.31. The lowest BCUT2D eigenvalue weighted by Gasteiger charge is -2.28. The molecule has 0 saturated heterocycles. The number of carbonyl (C=O) groups excluding carboxylic acids is 2. The van der Waals surface area contributed by atoms with Crippen LogP contribution in [0.25, 0.3) is 0 Å². The SMILES string of the molecule is CC(C)(C)OC(=O)c1ccc(OC[C@@]2(CO)CCc3cc(Cl)ccc32)c([N+](=O)[O-])c1.CC(C)(C)OC(=O)c1ccc(OC[C@]2(CO)CCc3cc(Cl)ccc32)c([N+](=O)[O-])c1. The van der Waals surface area contributed by atoms with Gasteiger partial charge in [-0.15, -0.1) is 0 Å². The molecule has 0 fully saturated rings. The van der Waals surface area contributed by atoms with Crippen molar-refractivity contribution < 1.29 is 48.6 Å². The largest absolute Gasteiger partial charge is 0.486 e. The summed E-state index contributed by atoms with van der Waals surface area (Å²) in [5.41, 5.74) is 0.648. The number of ether oxygens (including phenoxy) is 4. The van der Waals surface area contributed by atoms with Crippen molar-refractivity contribution in [3.63, 3.8) is 0 Å². The molecule has 0 amide bonds. The molecule has 2 aliphatic rings. The van der Waals surface area contributed by atoms with Crippen LogP contribution in [0, 0.1) is 20.2 Å². The molecule has 2 N–H and O–H groups in total. The number of aryl methyl sites for hydroxylation is 2. The average molecular weight is 868 g/mol. The molecule has 0 heterocycles. The molecule has 0 aliphatic heterocycles. The molecule has 0 unspecified atom stereocenters. The van der Waals surface area contributed by atoms with Gasteiger partial charge in [-0.2, -0.15) is 0 Å². The number of hydrogen-bond acceptors (Lipinski definition) is 12. The Bertz CT molecular complexity index is 2130. The van der Waals surface area contributed by atoms with E-state index in [1.807, 2.05) is 24.3 Å². The minimum Gasteiger partial charge on any atom is -0.486 e. The monoisotopic (exact) mass is 866 g/mol. The number of hydrogen-bond donors (Lipinski definition) is 2. The van der Waals surface area contributed by atoms with Crippen LogP contribution in [0.3, 0.4) is 0 Å². The molecular weight excluding hydrogens is 819 g/mol. The molecule has 320 valence electrons. The molecule has 16 heteroatoms. The topological polar surface area (TPSA) is 198 Å². The molecule has 2 atom stereocenters. The maximum absolute atomic E-state index is 12.2. The number of fused-ring (bicyclic) bond motifs is 2. The van der Waals surface area contributed by atoms with Gasteiger partial charge in [-0.3, -0.25) is 20.2 Å². The van der Waals surface area contributed by atoms with Crippen molar-refractivity contribution in [1.29, 1.82) is 0 Å². The fourth-order valence-electron chi connectivity index (χ4n) is 7.23. The van der Waals surface area contributed by atoms with Crippen LogP contribution < -0.4 is 9.47 Å². The van der Waals surface area contributed by atoms with Crippen molar-refractivity contribution in [3.8, 4) is 11.5 Å². The summed E-state index contributed by atoms with van der Waals surface area (Å²) in [4.78, 5) is 46.4. The summed E-state index contributed by atoms with van der Waals surface area (Å²) >= 11 is 12.1. The van der Waals surface area contributed by atoms with E-state index >= 15 is 0 Å². The van der Waals surface area contributed by atoms with Crippen LogP contribution in [0.5, 0.6) is 11.5 Å². The first-order valence-electron chi connectivity index (χ1n) is 19.2. The summed E-state index contributed by atoms with van der Waals surface area (Å²) < 4.78 is 22.2. The number of halogens is 2. The van der Waals surface area contributed by atoms with Gasteiger partial charge in [-0.25, -0.2) is 9.59 Å². The van der Waals surface area contributed by atoms with Crippen LogP contribution >= 0.6 is 23.2 Å². The second-order valence-corrected chi connectivity index (χ2v) is 17.8. The zero-order valence-electron chi connectivity index (χ0n) is 34.2. The van der Waals surface area contributed by atoms with Crippen LogP contribution in [0.15, 0.2) is 72.8 Å². The van der Waals surface area contributed by atoms with E-state index < -0.39 is 43.8 Å². The zero-order valence-corrected chi connectivity index (χ0v) is 35.7. The third-order valence-corrected chi connectivity index (χ3v) is 10.7. The summed E-state index contributed by atoms with van der Waals surface area (Å²) in [5, 5.41) is 44.6. The highest BCUT2D eigenvalue weighted by Gasteiger charge is 2.41. The number of carbonyl (C=O) groups is 2. The van der Waals surface area contributed by atoms with Crippen molar-refractivity contribution in [1.82, 2.24) is 0 Å². The Morgan fingerprint density at radius 3 is 1.32 bits per heavy atom. The molecule has 6 rings (SSSR count). The molecule has 0 radical (unpaired) electrons. The Morgan fingerprint density at radius 1 is 0.633 bits per heavy atom. The number of rotatable bonds is 12. The van der Waals surface area contributed by atoms with Crippen LogP contribution in [-0.4, -0.2) is 69.6 Å². The first-order valence-corrected chi connectivity index (χ1v) is 19.9. The highest BCUT2D eigenvalue weighted by atomic mass is 35.5. The van der Waals surface area contributed by atoms with Crippen molar-refractivity contribution >= 4 is 46.5 Å². The second kappa shape index (κ2) is 18.1. The number of benzene rings is 4. The predicted octanol–water partition coefficient (Wildman–Crippen LogP) is 8.92. The quantitative estimate of drug-likeness (QED) is 0.0780. The molecular formula is C44H48Cl2N2O12. The molecule has 0 aromatic heterocycles. The normalized spacial score (nSPS) is 18.0. The third kappa shape index (κ3) is 10.7. The lowest BCUT2D eigenvalue weighted by molar-refractivity contribution is -0.386. The van der Waals surface area contributed by atoms with Gasteiger partial charge in [0.25, 0.3) is 0 Å². The Balaban J connectivity index is 0.000000228. The lowest BCUT2D eigenvalue weighted by Crippen LogP contribution is -2.35. The summed E-state index contributed by atoms with van der Waals surface area (Å²) in [5.74, 6) is -1.23. The van der Waals surface area contributed by atoms with Crippen LogP contribution in [0.2, 0.25) is 10.0 Å². The van der Waals surface area contributed by atoms with Gasteiger partial charge in [0, 0.05) is 22.2 Å². The van der Waals surface area contributed by atoms with Gasteiger partial charge >= 0.3 is 23.3 Å². The number of esters is 2. The number of aliphatic hydroxyl groups excluding tert-OH is 2. The summed E-state index contributed by atoms with van der Waals surface area (Å²) in [7, 11) is 0. The maximum Gasteiger partial charge on any atom is 0.338 e. The third-order valence-electron chi connectivity index (χ3n) is 10.2. The molecule has 0 saturated carbocycles. The number of aliphatic hydroxyl groups is 2. The van der Waals surface area contributed by atoms with Gasteiger partial charge in [-0.05, 0) is 138 Å². The standard InChI is InChI=1S/2C22H24ClNO6/c2*1-21(2,3)30-20(26)15-4-7-19(18(11-15)24(27)28)29-13-22(12-25)9-8-14-10-16(23)5-6-17(14)22/h2*4-7,10-11,25H,8-9,12-13H2,1-3H3/t2*22-/m10/s1. The zero-order chi connectivity index (χ0) is 44.2. The fraction of sp³-hybridized carbons (Fsp3) is 0.409. The minimum absolute atomic E-state index is 0.0301. The van der Waals surface area contributed by atoms with Crippen molar-refractivity contribution in [2.75, 3.05) is 26.4 Å². The van der Waals surface area contributed by atoms with E-state index in [0.717, 1.165) is 47.2 Å². The van der Waals surface area contributed by atoms with Gasteiger partial charge in [0.1, 0.15) is 24.4 Å². The molecule has 2 aliphatic carbocycles. The Labute approximate surface area is 357 Å². The van der Waals surface area contributed by atoms with E-state index in [-0.39, 0.29) is 60.4 Å². The maximum atomic E-state index is 12.2. The Hall–Kier alpha value is -5.28. The van der Waals surface area contributed by atoms with Gasteiger partial charge in [0.05, 0.1) is 45.0 Å². The minimum atomic E-state index is -0.715. The summed E-state index contributed by atoms with van der Waals surface area (Å²) in [6.45, 7) is 10.1. The van der Waals surface area contributed by atoms with Crippen LogP contribution in [-0.2, 0) is 33.1 Å². The lowest BCUT2D eigenvalue weighted by atomic mass is 9.83. The molecule has 4 aromatic rings. The smallest absolute Gasteiger partial charge is 0.338 e. The van der Waals surface area contributed by atoms with Crippen molar-refractivity contribution in [2.45, 2.75) is 89.3 Å². The molecule has 4 aromatic carbocycles.